The van der Waals surface area contributed by atoms with Gasteiger partial charge >= 0.3 is 5.97 Å². The molecule has 2 atom stereocenters. The molecule has 7 nitrogen and oxygen atoms in total. The number of hydrogen-bond acceptors (Lipinski definition) is 6. The van der Waals surface area contributed by atoms with E-state index in [0.717, 1.165) is 19.4 Å². The normalized spacial score (nSPS) is 19.9. The summed E-state index contributed by atoms with van der Waals surface area (Å²) in [4.78, 5) is 18.8. The first-order valence-electron chi connectivity index (χ1n) is 6.32. The van der Waals surface area contributed by atoms with Crippen molar-refractivity contribution in [1.29, 1.82) is 0 Å². The minimum absolute atomic E-state index is 0.226. The summed E-state index contributed by atoms with van der Waals surface area (Å²) in [5.41, 5.74) is 0. The van der Waals surface area contributed by atoms with Gasteiger partial charge in [-0.3, -0.25) is 4.79 Å². The molecule has 2 heterocycles. The second-order valence-electron chi connectivity index (χ2n) is 4.51. The molecule has 1 saturated heterocycles. The Balaban J connectivity index is 1.88. The molecule has 0 aromatic carbocycles. The van der Waals surface area contributed by atoms with Gasteiger partial charge in [-0.15, -0.1) is 0 Å². The van der Waals surface area contributed by atoms with Gasteiger partial charge < -0.3 is 20.5 Å². The molecular formula is C12H18N4O3. The Hall–Kier alpha value is -1.89. The van der Waals surface area contributed by atoms with Crippen molar-refractivity contribution in [2.24, 2.45) is 0 Å². The molecule has 1 aliphatic heterocycles. The Kier molecular flexibility index (Phi) is 4.51. The lowest BCUT2D eigenvalue weighted by molar-refractivity contribution is -0.137. The average Bonchev–Trinajstić information content (AvgIpc) is 2.90. The number of ether oxygens (including phenoxy) is 1. The standard InChI is InChI=1S/C12H18N4O3/c1-8(12(17)18)16-11-5-10(14-7-15-11)13-6-9-3-2-4-19-9/h5,7-9H,2-4,6H2,1H3,(H,17,18)(H2,13,14,15,16). The SMILES string of the molecule is CC(Nc1cc(NCC2CCCO2)ncn1)C(=O)O. The van der Waals surface area contributed by atoms with Crippen LogP contribution in [-0.4, -0.2) is 46.3 Å². The lowest BCUT2D eigenvalue weighted by atomic mass is 10.2. The quantitative estimate of drug-likeness (QED) is 0.705. The highest BCUT2D eigenvalue weighted by Gasteiger charge is 2.15. The topological polar surface area (TPSA) is 96.4 Å². The summed E-state index contributed by atoms with van der Waals surface area (Å²) in [6.45, 7) is 3.08. The van der Waals surface area contributed by atoms with Gasteiger partial charge in [0.05, 0.1) is 6.10 Å². The minimum atomic E-state index is -0.924. The molecule has 1 aromatic heterocycles. The van der Waals surface area contributed by atoms with Crippen LogP contribution in [0.4, 0.5) is 11.6 Å². The summed E-state index contributed by atoms with van der Waals surface area (Å²) < 4.78 is 5.50. The maximum Gasteiger partial charge on any atom is 0.325 e. The van der Waals surface area contributed by atoms with E-state index in [1.807, 2.05) is 0 Å². The third kappa shape index (κ3) is 4.06. The highest BCUT2D eigenvalue weighted by Crippen LogP contribution is 2.14. The minimum Gasteiger partial charge on any atom is -0.480 e. The van der Waals surface area contributed by atoms with Crippen LogP contribution < -0.4 is 10.6 Å². The first-order chi connectivity index (χ1) is 9.15. The van der Waals surface area contributed by atoms with Gasteiger partial charge in [-0.2, -0.15) is 0 Å². The van der Waals surface area contributed by atoms with Crippen LogP contribution in [0.2, 0.25) is 0 Å². The number of aromatic nitrogens is 2. The van der Waals surface area contributed by atoms with E-state index >= 15 is 0 Å². The number of carboxylic acids is 1. The molecule has 0 bridgehead atoms. The predicted molar refractivity (Wildman–Crippen MR) is 70.2 cm³/mol. The van der Waals surface area contributed by atoms with Crippen LogP contribution >= 0.6 is 0 Å². The third-order valence-electron chi connectivity index (χ3n) is 2.94. The van der Waals surface area contributed by atoms with E-state index in [1.54, 1.807) is 13.0 Å². The fourth-order valence-corrected chi connectivity index (χ4v) is 1.84. The van der Waals surface area contributed by atoms with Crippen molar-refractivity contribution in [1.82, 2.24) is 9.97 Å². The monoisotopic (exact) mass is 266 g/mol. The van der Waals surface area contributed by atoms with Crippen molar-refractivity contribution in [2.75, 3.05) is 23.8 Å². The smallest absolute Gasteiger partial charge is 0.325 e. The molecule has 0 radical (unpaired) electrons. The van der Waals surface area contributed by atoms with Crippen LogP contribution in [0.3, 0.4) is 0 Å². The molecule has 2 unspecified atom stereocenters. The van der Waals surface area contributed by atoms with Gasteiger partial charge in [0.15, 0.2) is 0 Å². The number of nitrogens with zero attached hydrogens (tertiary/aromatic N) is 2. The van der Waals surface area contributed by atoms with E-state index in [-0.39, 0.29) is 6.10 Å². The molecule has 0 aliphatic carbocycles. The number of carboxylic acid groups (broad SMARTS) is 1. The van der Waals surface area contributed by atoms with E-state index in [4.69, 9.17) is 9.84 Å². The van der Waals surface area contributed by atoms with E-state index in [1.165, 1.54) is 6.33 Å². The van der Waals surface area contributed by atoms with Crippen LogP contribution in [0.5, 0.6) is 0 Å². The Labute approximate surface area is 111 Å². The number of anilines is 2. The molecule has 7 heteroatoms. The van der Waals surface area contributed by atoms with Gasteiger partial charge in [-0.05, 0) is 19.8 Å². The molecular weight excluding hydrogens is 248 g/mol. The summed E-state index contributed by atoms with van der Waals surface area (Å²) in [7, 11) is 0. The predicted octanol–water partition coefficient (Wildman–Crippen LogP) is 0.952. The molecule has 0 amide bonds. The Morgan fingerprint density at radius 1 is 1.58 bits per heavy atom. The molecule has 1 aromatic rings. The molecule has 3 N–H and O–H groups in total. The van der Waals surface area contributed by atoms with Crippen LogP contribution in [0.15, 0.2) is 12.4 Å². The zero-order valence-electron chi connectivity index (χ0n) is 10.8. The van der Waals surface area contributed by atoms with Crippen LogP contribution in [0, 0.1) is 0 Å². The van der Waals surface area contributed by atoms with E-state index in [2.05, 4.69) is 20.6 Å². The first-order valence-corrected chi connectivity index (χ1v) is 6.32. The molecule has 2 rings (SSSR count). The summed E-state index contributed by atoms with van der Waals surface area (Å²) in [6.07, 6.45) is 3.77. The average molecular weight is 266 g/mol. The fourth-order valence-electron chi connectivity index (χ4n) is 1.84. The second-order valence-corrected chi connectivity index (χ2v) is 4.51. The molecule has 0 spiro atoms. The van der Waals surface area contributed by atoms with Gasteiger partial charge in [-0.25, -0.2) is 9.97 Å². The van der Waals surface area contributed by atoms with E-state index < -0.39 is 12.0 Å². The lowest BCUT2D eigenvalue weighted by Crippen LogP contribution is -2.26. The van der Waals surface area contributed by atoms with Gasteiger partial charge in [0.2, 0.25) is 0 Å². The number of aliphatic carboxylic acids is 1. The molecule has 104 valence electrons. The summed E-state index contributed by atoms with van der Waals surface area (Å²) in [5, 5.41) is 14.8. The van der Waals surface area contributed by atoms with Crippen LogP contribution in [-0.2, 0) is 9.53 Å². The second kappa shape index (κ2) is 6.33. The third-order valence-corrected chi connectivity index (χ3v) is 2.94. The summed E-state index contributed by atoms with van der Waals surface area (Å²) >= 11 is 0. The Morgan fingerprint density at radius 3 is 3.05 bits per heavy atom. The van der Waals surface area contributed by atoms with Gasteiger partial charge in [0, 0.05) is 19.2 Å². The molecule has 19 heavy (non-hydrogen) atoms. The summed E-state index contributed by atoms with van der Waals surface area (Å²) in [5.74, 6) is 0.220. The van der Waals surface area contributed by atoms with E-state index in [9.17, 15) is 4.79 Å². The number of carbonyl (C=O) groups is 1. The zero-order valence-corrected chi connectivity index (χ0v) is 10.8. The van der Waals surface area contributed by atoms with Crippen LogP contribution in [0.1, 0.15) is 19.8 Å². The highest BCUT2D eigenvalue weighted by atomic mass is 16.5. The number of rotatable bonds is 6. The van der Waals surface area contributed by atoms with E-state index in [0.29, 0.717) is 18.2 Å². The van der Waals surface area contributed by atoms with Crippen molar-refractivity contribution in [3.63, 3.8) is 0 Å². The zero-order chi connectivity index (χ0) is 13.7. The van der Waals surface area contributed by atoms with Crippen molar-refractivity contribution in [3.8, 4) is 0 Å². The highest BCUT2D eigenvalue weighted by molar-refractivity contribution is 5.76. The lowest BCUT2D eigenvalue weighted by Gasteiger charge is -2.13. The molecule has 1 aliphatic rings. The van der Waals surface area contributed by atoms with Crippen molar-refractivity contribution < 1.29 is 14.6 Å². The Bertz CT molecular complexity index is 435. The number of hydrogen-bond donors (Lipinski definition) is 3. The number of nitrogens with one attached hydrogen (secondary N) is 2. The fraction of sp³-hybridized carbons (Fsp3) is 0.583. The largest absolute Gasteiger partial charge is 0.480 e. The van der Waals surface area contributed by atoms with Crippen LogP contribution in [0.25, 0.3) is 0 Å². The Morgan fingerprint density at radius 2 is 2.37 bits per heavy atom. The van der Waals surface area contributed by atoms with Crippen molar-refractivity contribution in [3.05, 3.63) is 12.4 Å². The maximum absolute atomic E-state index is 10.8. The van der Waals surface area contributed by atoms with Crippen molar-refractivity contribution in [2.45, 2.75) is 31.9 Å². The summed E-state index contributed by atoms with van der Waals surface area (Å²) in [6, 6.07) is 0.995. The first kappa shape index (κ1) is 13.5. The van der Waals surface area contributed by atoms with Gasteiger partial charge in [0.1, 0.15) is 24.0 Å². The van der Waals surface area contributed by atoms with Gasteiger partial charge in [0.25, 0.3) is 0 Å². The van der Waals surface area contributed by atoms with Crippen molar-refractivity contribution >= 4 is 17.6 Å². The molecule has 0 saturated carbocycles. The molecule has 1 fully saturated rings. The maximum atomic E-state index is 10.8. The van der Waals surface area contributed by atoms with Gasteiger partial charge in [-0.1, -0.05) is 0 Å².